The summed E-state index contributed by atoms with van der Waals surface area (Å²) >= 11 is 7.40. The van der Waals surface area contributed by atoms with E-state index in [0.717, 1.165) is 22.6 Å². The van der Waals surface area contributed by atoms with Gasteiger partial charge in [0.2, 0.25) is 4.80 Å². The minimum absolute atomic E-state index is 0.0493. The highest BCUT2D eigenvalue weighted by molar-refractivity contribution is 7.07. The van der Waals surface area contributed by atoms with Gasteiger partial charge in [0.15, 0.2) is 11.9 Å². The Bertz CT molecular complexity index is 1510. The number of carbonyl (C=O) groups excluding carboxylic acids is 2. The molecule has 1 aromatic heterocycles. The second-order valence-electron chi connectivity index (χ2n) is 8.33. The van der Waals surface area contributed by atoms with Gasteiger partial charge in [-0.05, 0) is 80.9 Å². The minimum atomic E-state index is -0.801. The van der Waals surface area contributed by atoms with Crippen LogP contribution >= 0.6 is 22.9 Å². The second-order valence-corrected chi connectivity index (χ2v) is 9.60. The van der Waals surface area contributed by atoms with Crippen molar-refractivity contribution in [2.75, 3.05) is 12.5 Å². The number of aromatic nitrogens is 1. The molecule has 3 aromatic carbocycles. The molecule has 190 valence electrons. The van der Waals surface area contributed by atoms with Crippen molar-refractivity contribution in [2.24, 2.45) is 4.99 Å². The van der Waals surface area contributed by atoms with Crippen molar-refractivity contribution in [3.63, 3.8) is 0 Å². The predicted octanol–water partition coefficient (Wildman–Crippen LogP) is 6.16. The number of aryl methyl sites for hydroxylation is 1. The summed E-state index contributed by atoms with van der Waals surface area (Å²) in [6, 6.07) is 19.8. The molecule has 1 unspecified atom stereocenters. The summed E-state index contributed by atoms with van der Waals surface area (Å²) in [5, 5.41) is 2.50. The Kier molecular flexibility index (Phi) is 8.11. The number of methoxy groups -OCH3 is 1. The Hall–Kier alpha value is -3.88. The number of halogens is 1. The molecule has 0 spiro atoms. The van der Waals surface area contributed by atoms with Gasteiger partial charge in [-0.25, -0.2) is 9.67 Å². The summed E-state index contributed by atoms with van der Waals surface area (Å²) in [6.45, 7) is 5.06. The Morgan fingerprint density at radius 3 is 2.51 bits per heavy atom. The zero-order valence-corrected chi connectivity index (χ0v) is 22.4. The van der Waals surface area contributed by atoms with Gasteiger partial charge in [-0.3, -0.25) is 15.0 Å². The molecule has 4 rings (SSSR count). The molecule has 0 aliphatic heterocycles. The van der Waals surface area contributed by atoms with Gasteiger partial charge in [0, 0.05) is 21.5 Å². The van der Waals surface area contributed by atoms with Crippen molar-refractivity contribution in [1.29, 1.82) is 0 Å². The van der Waals surface area contributed by atoms with Crippen molar-refractivity contribution in [3.8, 4) is 22.8 Å². The zero-order valence-electron chi connectivity index (χ0n) is 20.8. The van der Waals surface area contributed by atoms with E-state index in [2.05, 4.69) is 5.43 Å². The largest absolute Gasteiger partial charge is 0.497 e. The molecule has 0 aliphatic carbocycles. The Labute approximate surface area is 223 Å². The Balaban J connectivity index is 1.71. The average molecular weight is 536 g/mol. The molecular weight excluding hydrogens is 510 g/mol. The van der Waals surface area contributed by atoms with E-state index in [-0.39, 0.29) is 11.7 Å². The molecule has 1 heterocycles. The number of carbonyl (C=O) groups is 2. The smallest absolute Gasteiger partial charge is 0.279 e. The number of nitrogens with one attached hydrogen (secondary N) is 1. The van der Waals surface area contributed by atoms with Crippen molar-refractivity contribution < 1.29 is 19.1 Å². The third-order valence-electron chi connectivity index (χ3n) is 5.60. The van der Waals surface area contributed by atoms with Gasteiger partial charge in [0.1, 0.15) is 11.5 Å². The molecule has 0 saturated heterocycles. The maximum atomic E-state index is 13.2. The molecule has 1 atom stereocenters. The maximum absolute atomic E-state index is 13.2. The first kappa shape index (κ1) is 26.2. The zero-order chi connectivity index (χ0) is 26.5. The normalized spacial score (nSPS) is 12.2. The number of thiazole rings is 1. The maximum Gasteiger partial charge on any atom is 0.279 e. The molecule has 4 aromatic rings. The number of amides is 1. The highest BCUT2D eigenvalue weighted by atomic mass is 35.5. The fourth-order valence-corrected chi connectivity index (χ4v) is 4.65. The van der Waals surface area contributed by atoms with Crippen molar-refractivity contribution in [3.05, 3.63) is 93.1 Å². The summed E-state index contributed by atoms with van der Waals surface area (Å²) in [6.07, 6.45) is -0.801. The monoisotopic (exact) mass is 535 g/mol. The molecule has 37 heavy (non-hydrogen) atoms. The first-order valence-electron chi connectivity index (χ1n) is 11.5. The van der Waals surface area contributed by atoms with Crippen LogP contribution in [0.15, 0.2) is 77.1 Å². The number of nitrogens with zero attached hydrogens (tertiary/aromatic N) is 2. The van der Waals surface area contributed by atoms with Gasteiger partial charge in [0.25, 0.3) is 5.91 Å². The van der Waals surface area contributed by atoms with Crippen LogP contribution in [0.2, 0.25) is 5.02 Å². The average Bonchev–Trinajstić information content (AvgIpc) is 3.27. The topological polar surface area (TPSA) is 81.9 Å². The van der Waals surface area contributed by atoms with Crippen molar-refractivity contribution >= 4 is 40.3 Å². The lowest BCUT2D eigenvalue weighted by atomic mass is 10.1. The predicted molar refractivity (Wildman–Crippen MR) is 147 cm³/mol. The highest BCUT2D eigenvalue weighted by Gasteiger charge is 2.19. The van der Waals surface area contributed by atoms with Gasteiger partial charge in [-0.15, -0.1) is 11.3 Å². The molecule has 1 amide bonds. The van der Waals surface area contributed by atoms with E-state index in [4.69, 9.17) is 26.1 Å². The summed E-state index contributed by atoms with van der Waals surface area (Å²) in [5.74, 6) is 0.887. The summed E-state index contributed by atoms with van der Waals surface area (Å²) in [4.78, 5) is 30.3. The van der Waals surface area contributed by atoms with E-state index in [1.54, 1.807) is 61.2 Å². The lowest BCUT2D eigenvalue weighted by molar-refractivity contribution is -0.123. The first-order chi connectivity index (χ1) is 17.7. The Morgan fingerprint density at radius 2 is 1.84 bits per heavy atom. The molecule has 0 fully saturated rings. The van der Waals surface area contributed by atoms with Crippen molar-refractivity contribution in [1.82, 2.24) is 4.68 Å². The SMILES string of the molecule is COc1ccc(-c2csc(=Nc3cccc(C(C)=O)c3)n2NC(=O)C(C)Oc2ccc(Cl)cc2C)cc1. The summed E-state index contributed by atoms with van der Waals surface area (Å²) in [7, 11) is 1.61. The highest BCUT2D eigenvalue weighted by Crippen LogP contribution is 2.25. The lowest BCUT2D eigenvalue weighted by Crippen LogP contribution is -2.39. The number of rotatable bonds is 8. The third kappa shape index (κ3) is 6.28. The first-order valence-corrected chi connectivity index (χ1v) is 12.8. The summed E-state index contributed by atoms with van der Waals surface area (Å²) < 4.78 is 12.8. The fourth-order valence-electron chi connectivity index (χ4n) is 3.56. The van der Waals surface area contributed by atoms with Gasteiger partial charge in [-0.2, -0.15) is 0 Å². The minimum Gasteiger partial charge on any atom is -0.497 e. The van der Waals surface area contributed by atoms with Crippen LogP contribution in [0, 0.1) is 6.92 Å². The van der Waals surface area contributed by atoms with E-state index in [0.29, 0.717) is 26.8 Å². The van der Waals surface area contributed by atoms with Crippen LogP contribution < -0.4 is 19.7 Å². The molecule has 0 radical (unpaired) electrons. The van der Waals surface area contributed by atoms with E-state index >= 15 is 0 Å². The van der Waals surface area contributed by atoms with Gasteiger partial charge < -0.3 is 9.47 Å². The molecule has 7 nitrogen and oxygen atoms in total. The van der Waals surface area contributed by atoms with Crippen molar-refractivity contribution in [2.45, 2.75) is 26.9 Å². The standard InChI is InChI=1S/C28H26ClN3O4S/c1-17-14-22(29)10-13-26(17)36-19(3)27(34)31-32-25(20-8-11-24(35-4)12-9-20)16-37-28(32)30-23-7-5-6-21(15-23)18(2)33/h5-16,19H,1-4H3,(H,31,34). The van der Waals surface area contributed by atoms with E-state index in [1.165, 1.54) is 18.3 Å². The summed E-state index contributed by atoms with van der Waals surface area (Å²) in [5.41, 5.74) is 6.52. The van der Waals surface area contributed by atoms with Crippen LogP contribution in [0.25, 0.3) is 11.3 Å². The van der Waals surface area contributed by atoms with Crippen LogP contribution in [0.3, 0.4) is 0 Å². The molecule has 0 aliphatic rings. The second kappa shape index (κ2) is 11.5. The van der Waals surface area contributed by atoms with Gasteiger partial charge in [-0.1, -0.05) is 23.7 Å². The van der Waals surface area contributed by atoms with E-state index < -0.39 is 6.10 Å². The Morgan fingerprint density at radius 1 is 1.08 bits per heavy atom. The third-order valence-corrected chi connectivity index (χ3v) is 6.66. The van der Waals surface area contributed by atoms with Crippen LogP contribution in [-0.4, -0.2) is 29.6 Å². The van der Waals surface area contributed by atoms with E-state index in [9.17, 15) is 9.59 Å². The molecule has 0 bridgehead atoms. The number of hydrogen-bond donors (Lipinski definition) is 1. The van der Waals surface area contributed by atoms with Gasteiger partial charge in [0.05, 0.1) is 18.5 Å². The van der Waals surface area contributed by atoms with Gasteiger partial charge >= 0.3 is 0 Å². The number of Topliss-reactive ketones (excluding diaryl/α,β-unsaturated/α-hetero) is 1. The number of ketones is 1. The number of hydrogen-bond acceptors (Lipinski definition) is 6. The fraction of sp³-hybridized carbons (Fsp3) is 0.179. The molecule has 1 N–H and O–H groups in total. The lowest BCUT2D eigenvalue weighted by Gasteiger charge is -2.18. The molecule has 9 heteroatoms. The van der Waals surface area contributed by atoms with Crippen LogP contribution in [0.1, 0.15) is 29.8 Å². The van der Waals surface area contributed by atoms with E-state index in [1.807, 2.05) is 36.6 Å². The van der Waals surface area contributed by atoms with Crippen LogP contribution in [0.4, 0.5) is 5.69 Å². The molecule has 0 saturated carbocycles. The quantitative estimate of drug-likeness (QED) is 0.274. The number of ether oxygens (including phenoxy) is 2. The van der Waals surface area contributed by atoms with Crippen LogP contribution in [0.5, 0.6) is 11.5 Å². The number of benzene rings is 3. The molecular formula is C28H26ClN3O4S. The van der Waals surface area contributed by atoms with Crippen LogP contribution in [-0.2, 0) is 4.79 Å².